The molecule has 1 fully saturated rings. The number of hydrogen-bond donors (Lipinski definition) is 1. The van der Waals surface area contributed by atoms with Crippen molar-refractivity contribution in [1.29, 1.82) is 0 Å². The van der Waals surface area contributed by atoms with E-state index < -0.39 is 35.5 Å². The number of fused-ring (bicyclic) bond motifs is 2. The first-order valence-electron chi connectivity index (χ1n) is 11.0. The number of ketones is 1. The number of benzene rings is 2. The largest absolute Gasteiger partial charge is 0.506 e. The summed E-state index contributed by atoms with van der Waals surface area (Å²) >= 11 is 0. The number of aliphatic imine (C=N–C) groups is 1. The molecule has 2 amide bonds. The molecule has 3 aromatic rings. The van der Waals surface area contributed by atoms with Crippen LogP contribution < -0.4 is 4.90 Å². The maximum Gasteiger partial charge on any atom is 0.243 e. The van der Waals surface area contributed by atoms with Crippen LogP contribution in [0, 0.1) is 18.8 Å². The Balaban J connectivity index is 1.52. The van der Waals surface area contributed by atoms with E-state index in [9.17, 15) is 19.5 Å². The zero-order chi connectivity index (χ0) is 23.6. The van der Waals surface area contributed by atoms with E-state index in [2.05, 4.69) is 4.98 Å². The second kappa shape index (κ2) is 7.31. The summed E-state index contributed by atoms with van der Waals surface area (Å²) in [6.07, 6.45) is 1.60. The van der Waals surface area contributed by atoms with Crippen LogP contribution in [0.2, 0.25) is 0 Å². The second-order valence-corrected chi connectivity index (χ2v) is 8.67. The molecule has 1 aliphatic carbocycles. The summed E-state index contributed by atoms with van der Waals surface area (Å²) in [5.41, 5.74) is 2.80. The molecule has 3 aliphatic rings. The lowest BCUT2D eigenvalue weighted by molar-refractivity contribution is -0.122. The van der Waals surface area contributed by atoms with Crippen molar-refractivity contribution in [3.8, 4) is 0 Å². The molecule has 1 aromatic heterocycles. The second-order valence-electron chi connectivity index (χ2n) is 8.67. The van der Waals surface area contributed by atoms with Gasteiger partial charge >= 0.3 is 0 Å². The topological polar surface area (TPSA) is 99.9 Å². The van der Waals surface area contributed by atoms with Gasteiger partial charge in [-0.15, -0.1) is 0 Å². The first-order chi connectivity index (χ1) is 16.5. The number of aromatic nitrogens is 1. The molecule has 1 saturated heterocycles. The van der Waals surface area contributed by atoms with Gasteiger partial charge in [0.1, 0.15) is 11.8 Å². The summed E-state index contributed by atoms with van der Waals surface area (Å²) in [6, 6.07) is 18.4. The molecule has 0 spiro atoms. The maximum absolute atomic E-state index is 13.7. The van der Waals surface area contributed by atoms with E-state index in [1.54, 1.807) is 66.9 Å². The quantitative estimate of drug-likeness (QED) is 0.612. The molecular formula is C27H19N3O4. The van der Waals surface area contributed by atoms with Crippen molar-refractivity contribution in [3.05, 3.63) is 101 Å². The monoisotopic (exact) mass is 449 g/mol. The Morgan fingerprint density at radius 2 is 1.65 bits per heavy atom. The van der Waals surface area contributed by atoms with Gasteiger partial charge in [0.05, 0.1) is 34.5 Å². The van der Waals surface area contributed by atoms with Crippen LogP contribution >= 0.6 is 0 Å². The lowest BCUT2D eigenvalue weighted by Crippen LogP contribution is -2.33. The third-order valence-corrected chi connectivity index (χ3v) is 6.66. The van der Waals surface area contributed by atoms with Crippen molar-refractivity contribution in [1.82, 2.24) is 4.98 Å². The molecule has 0 bridgehead atoms. The maximum atomic E-state index is 13.7. The molecule has 2 aliphatic heterocycles. The number of allylic oxidation sites excluding steroid dienone is 1. The zero-order valence-corrected chi connectivity index (χ0v) is 18.2. The number of anilines is 1. The Morgan fingerprint density at radius 3 is 2.35 bits per heavy atom. The first kappa shape index (κ1) is 20.2. The van der Waals surface area contributed by atoms with Crippen LogP contribution in [0.5, 0.6) is 0 Å². The zero-order valence-electron chi connectivity index (χ0n) is 18.2. The van der Waals surface area contributed by atoms with Crippen LogP contribution in [-0.2, 0) is 9.59 Å². The Morgan fingerprint density at radius 1 is 0.882 bits per heavy atom. The Kier molecular flexibility index (Phi) is 4.35. The molecule has 0 radical (unpaired) electrons. The molecule has 166 valence electrons. The highest BCUT2D eigenvalue weighted by molar-refractivity contribution is 6.42. The first-order valence-corrected chi connectivity index (χ1v) is 11.0. The van der Waals surface area contributed by atoms with Crippen LogP contribution in [-0.4, -0.2) is 33.4 Å². The van der Waals surface area contributed by atoms with E-state index in [1.165, 1.54) is 4.90 Å². The highest BCUT2D eigenvalue weighted by Crippen LogP contribution is 2.48. The normalized spacial score (nSPS) is 23.4. The molecule has 0 unspecified atom stereocenters. The van der Waals surface area contributed by atoms with E-state index >= 15 is 0 Å². The van der Waals surface area contributed by atoms with Gasteiger partial charge in [-0.1, -0.05) is 42.5 Å². The Hall–Kier alpha value is -4.39. The molecule has 7 heteroatoms. The fourth-order valence-corrected chi connectivity index (χ4v) is 5.15. The number of carbonyl (C=O) groups is 3. The van der Waals surface area contributed by atoms with Crippen LogP contribution in [0.15, 0.2) is 83.5 Å². The van der Waals surface area contributed by atoms with Crippen LogP contribution in [0.3, 0.4) is 0 Å². The summed E-state index contributed by atoms with van der Waals surface area (Å²) in [6.45, 7) is 1.89. The summed E-state index contributed by atoms with van der Waals surface area (Å²) < 4.78 is 0. The molecule has 0 saturated carbocycles. The van der Waals surface area contributed by atoms with E-state index in [4.69, 9.17) is 4.99 Å². The number of imide groups is 1. The van der Waals surface area contributed by atoms with Crippen molar-refractivity contribution in [3.63, 3.8) is 0 Å². The lowest BCUT2D eigenvalue weighted by Gasteiger charge is -2.18. The standard InChI is InChI=1S/C27H19N3O4/c1-14-7-6-8-15(13-14)30-26(33)19-20(27(30)34)23(29-22(19)18-11-4-5-12-28-18)21-24(31)16-9-2-3-10-17(16)25(21)32/h2-13,19-20,22,31H,1H3/t19-,20+,22-/m1/s1. The summed E-state index contributed by atoms with van der Waals surface area (Å²) in [4.78, 5) is 50.9. The fourth-order valence-electron chi connectivity index (χ4n) is 5.15. The minimum Gasteiger partial charge on any atom is -0.506 e. The molecule has 6 rings (SSSR count). The predicted molar refractivity (Wildman–Crippen MR) is 125 cm³/mol. The van der Waals surface area contributed by atoms with Gasteiger partial charge < -0.3 is 5.11 Å². The number of aliphatic hydroxyl groups excluding tert-OH is 1. The highest BCUT2D eigenvalue weighted by atomic mass is 16.3. The number of amides is 2. The minimum absolute atomic E-state index is 0.0122. The fraction of sp³-hybridized carbons (Fsp3) is 0.148. The van der Waals surface area contributed by atoms with Crippen molar-refractivity contribution < 1.29 is 19.5 Å². The van der Waals surface area contributed by atoms with Gasteiger partial charge in [0.25, 0.3) is 0 Å². The molecule has 34 heavy (non-hydrogen) atoms. The molecule has 1 N–H and O–H groups in total. The Bertz CT molecular complexity index is 1460. The number of aryl methyl sites for hydroxylation is 1. The average molecular weight is 449 g/mol. The average Bonchev–Trinajstić information content (AvgIpc) is 3.44. The van der Waals surface area contributed by atoms with Crippen LogP contribution in [0.1, 0.15) is 33.2 Å². The Labute approximate surface area is 195 Å². The number of nitrogens with zero attached hydrogens (tertiary/aromatic N) is 3. The van der Waals surface area contributed by atoms with Gasteiger partial charge in [0, 0.05) is 17.3 Å². The molecule has 3 heterocycles. The van der Waals surface area contributed by atoms with Crippen LogP contribution in [0.4, 0.5) is 5.69 Å². The number of carbonyl (C=O) groups excluding carboxylic acids is 3. The van der Waals surface area contributed by atoms with Gasteiger partial charge in [0.15, 0.2) is 5.78 Å². The molecule has 2 aromatic carbocycles. The number of pyridine rings is 1. The van der Waals surface area contributed by atoms with Crippen molar-refractivity contribution in [2.75, 3.05) is 4.90 Å². The van der Waals surface area contributed by atoms with Gasteiger partial charge in [-0.3, -0.25) is 24.4 Å². The van der Waals surface area contributed by atoms with Gasteiger partial charge in [0.2, 0.25) is 11.8 Å². The minimum atomic E-state index is -0.990. The third-order valence-electron chi connectivity index (χ3n) is 6.66. The summed E-state index contributed by atoms with van der Waals surface area (Å²) in [5.74, 6) is -3.31. The molecule has 3 atom stereocenters. The molecule has 7 nitrogen and oxygen atoms in total. The number of hydrogen-bond acceptors (Lipinski definition) is 6. The molecular weight excluding hydrogens is 430 g/mol. The number of Topliss-reactive ketones (excluding diaryl/α,β-unsaturated/α-hetero) is 1. The number of aliphatic hydroxyl groups is 1. The van der Waals surface area contributed by atoms with E-state index in [0.29, 0.717) is 22.5 Å². The predicted octanol–water partition coefficient (Wildman–Crippen LogP) is 3.86. The van der Waals surface area contributed by atoms with Crippen molar-refractivity contribution in [2.45, 2.75) is 13.0 Å². The van der Waals surface area contributed by atoms with Gasteiger partial charge in [-0.05, 0) is 36.8 Å². The van der Waals surface area contributed by atoms with E-state index in [-0.39, 0.29) is 17.0 Å². The SMILES string of the molecule is Cc1cccc(N2C(=O)[C@@H]3C(C4=C(O)c5ccccc5C4=O)=N[C@H](c4ccccn4)[C@@H]3C2=O)c1. The van der Waals surface area contributed by atoms with E-state index in [0.717, 1.165) is 5.56 Å². The highest BCUT2D eigenvalue weighted by Gasteiger charge is 2.59. The smallest absolute Gasteiger partial charge is 0.243 e. The van der Waals surface area contributed by atoms with Gasteiger partial charge in [-0.25, -0.2) is 4.90 Å². The summed E-state index contributed by atoms with van der Waals surface area (Å²) in [5, 5.41) is 11.0. The van der Waals surface area contributed by atoms with Crippen LogP contribution in [0.25, 0.3) is 5.76 Å². The number of rotatable bonds is 3. The van der Waals surface area contributed by atoms with E-state index in [1.807, 2.05) is 13.0 Å². The summed E-state index contributed by atoms with van der Waals surface area (Å²) in [7, 11) is 0. The lowest BCUT2D eigenvalue weighted by atomic mass is 9.84. The van der Waals surface area contributed by atoms with Crippen molar-refractivity contribution >= 4 is 34.8 Å². The van der Waals surface area contributed by atoms with Crippen molar-refractivity contribution in [2.24, 2.45) is 16.8 Å². The van der Waals surface area contributed by atoms with Gasteiger partial charge in [-0.2, -0.15) is 0 Å². The third kappa shape index (κ3) is 2.73.